The van der Waals surface area contributed by atoms with Crippen LogP contribution in [-0.4, -0.2) is 38.3 Å². The normalized spacial score (nSPS) is 17.5. The maximum Gasteiger partial charge on any atom is 0.225 e. The summed E-state index contributed by atoms with van der Waals surface area (Å²) < 4.78 is 10.6. The van der Waals surface area contributed by atoms with Crippen LogP contribution in [-0.2, 0) is 16.0 Å². The third-order valence-corrected chi connectivity index (χ3v) is 3.79. The van der Waals surface area contributed by atoms with E-state index in [0.29, 0.717) is 26.2 Å². The van der Waals surface area contributed by atoms with E-state index in [-0.39, 0.29) is 11.4 Å². The summed E-state index contributed by atoms with van der Waals surface area (Å²) in [4.78, 5) is 12.2. The number of hydrogen-bond donors (Lipinski definition) is 2. The van der Waals surface area contributed by atoms with Crippen molar-refractivity contribution < 1.29 is 14.3 Å². The van der Waals surface area contributed by atoms with Gasteiger partial charge in [0.25, 0.3) is 0 Å². The van der Waals surface area contributed by atoms with Crippen LogP contribution in [0.1, 0.15) is 18.4 Å². The molecule has 1 saturated heterocycles. The summed E-state index contributed by atoms with van der Waals surface area (Å²) in [6.45, 7) is 1.73. The molecule has 20 heavy (non-hydrogen) atoms. The van der Waals surface area contributed by atoms with Crippen LogP contribution in [0.3, 0.4) is 0 Å². The Hall–Kier alpha value is -1.59. The molecule has 1 aromatic carbocycles. The van der Waals surface area contributed by atoms with Crippen LogP contribution in [0.4, 0.5) is 0 Å². The van der Waals surface area contributed by atoms with Gasteiger partial charge in [0.2, 0.25) is 5.91 Å². The van der Waals surface area contributed by atoms with Crippen molar-refractivity contribution in [3.05, 3.63) is 29.8 Å². The first-order chi connectivity index (χ1) is 9.69. The minimum absolute atomic E-state index is 0.0261. The summed E-state index contributed by atoms with van der Waals surface area (Å²) in [5, 5.41) is 3.08. The Kier molecular flexibility index (Phi) is 4.98. The number of ether oxygens (including phenoxy) is 2. The molecule has 0 radical (unpaired) electrons. The summed E-state index contributed by atoms with van der Waals surface area (Å²) in [5.41, 5.74) is 6.40. The molecule has 3 N–H and O–H groups in total. The average molecular weight is 278 g/mol. The van der Waals surface area contributed by atoms with Crippen molar-refractivity contribution in [1.29, 1.82) is 0 Å². The van der Waals surface area contributed by atoms with E-state index in [1.165, 1.54) is 0 Å². The van der Waals surface area contributed by atoms with Crippen LogP contribution in [0.2, 0.25) is 0 Å². The molecule has 1 aliphatic rings. The molecule has 0 saturated carbocycles. The molecule has 1 amide bonds. The Morgan fingerprint density at radius 1 is 1.40 bits per heavy atom. The predicted molar refractivity (Wildman–Crippen MR) is 76.7 cm³/mol. The van der Waals surface area contributed by atoms with Gasteiger partial charge in [-0.25, -0.2) is 0 Å². The maximum atomic E-state index is 12.2. The predicted octanol–water partition coefficient (Wildman–Crippen LogP) is 0.862. The molecule has 5 heteroatoms. The van der Waals surface area contributed by atoms with E-state index in [9.17, 15) is 4.79 Å². The molecule has 0 atom stereocenters. The summed E-state index contributed by atoms with van der Waals surface area (Å²) in [5.74, 6) is 0.707. The first-order valence-electron chi connectivity index (χ1n) is 6.90. The highest BCUT2D eigenvalue weighted by molar-refractivity contribution is 5.80. The fourth-order valence-electron chi connectivity index (χ4n) is 2.50. The van der Waals surface area contributed by atoms with E-state index in [2.05, 4.69) is 5.32 Å². The van der Waals surface area contributed by atoms with E-state index in [1.807, 2.05) is 24.3 Å². The molecule has 5 nitrogen and oxygen atoms in total. The number of carbonyl (C=O) groups is 1. The number of nitrogens with one attached hydrogen (secondary N) is 1. The van der Waals surface area contributed by atoms with Gasteiger partial charge in [-0.1, -0.05) is 18.2 Å². The standard InChI is InChI=1S/C15H22N2O3/c1-19-13-5-3-2-4-12(13)10-14(18)17-15(11-16)6-8-20-9-7-15/h2-5H,6-11,16H2,1H3,(H,17,18). The van der Waals surface area contributed by atoms with Gasteiger partial charge >= 0.3 is 0 Å². The average Bonchev–Trinajstić information content (AvgIpc) is 2.48. The zero-order chi connectivity index (χ0) is 14.4. The van der Waals surface area contributed by atoms with Gasteiger partial charge in [-0.2, -0.15) is 0 Å². The van der Waals surface area contributed by atoms with Gasteiger partial charge in [-0.3, -0.25) is 4.79 Å². The lowest BCUT2D eigenvalue weighted by molar-refractivity contribution is -0.123. The topological polar surface area (TPSA) is 73.6 Å². The first kappa shape index (κ1) is 14.8. The Morgan fingerprint density at radius 2 is 2.10 bits per heavy atom. The summed E-state index contributed by atoms with van der Waals surface area (Å²) in [6.07, 6.45) is 1.83. The second kappa shape index (κ2) is 6.72. The highest BCUT2D eigenvalue weighted by Gasteiger charge is 2.32. The molecule has 1 fully saturated rings. The molecule has 0 spiro atoms. The van der Waals surface area contributed by atoms with Gasteiger partial charge in [-0.05, 0) is 18.9 Å². The van der Waals surface area contributed by atoms with Crippen LogP contribution in [0.5, 0.6) is 5.75 Å². The summed E-state index contributed by atoms with van der Waals surface area (Å²) in [6, 6.07) is 7.55. The second-order valence-electron chi connectivity index (χ2n) is 5.13. The fraction of sp³-hybridized carbons (Fsp3) is 0.533. The molecule has 0 unspecified atom stereocenters. The van der Waals surface area contributed by atoms with Gasteiger partial charge < -0.3 is 20.5 Å². The number of benzene rings is 1. The molecule has 0 bridgehead atoms. The zero-order valence-corrected chi connectivity index (χ0v) is 11.9. The van der Waals surface area contributed by atoms with E-state index in [4.69, 9.17) is 15.2 Å². The first-order valence-corrected chi connectivity index (χ1v) is 6.90. The minimum Gasteiger partial charge on any atom is -0.496 e. The van der Waals surface area contributed by atoms with Gasteiger partial charge in [0.15, 0.2) is 0 Å². The van der Waals surface area contributed by atoms with Crippen LogP contribution in [0.15, 0.2) is 24.3 Å². The number of amides is 1. The van der Waals surface area contributed by atoms with Crippen LogP contribution >= 0.6 is 0 Å². The van der Waals surface area contributed by atoms with E-state index >= 15 is 0 Å². The second-order valence-corrected chi connectivity index (χ2v) is 5.13. The highest BCUT2D eigenvalue weighted by Crippen LogP contribution is 2.21. The lowest BCUT2D eigenvalue weighted by Gasteiger charge is -2.37. The van der Waals surface area contributed by atoms with Crippen LogP contribution in [0, 0.1) is 0 Å². The third-order valence-electron chi connectivity index (χ3n) is 3.79. The largest absolute Gasteiger partial charge is 0.496 e. The quantitative estimate of drug-likeness (QED) is 0.838. The van der Waals surface area contributed by atoms with E-state index < -0.39 is 0 Å². The van der Waals surface area contributed by atoms with Gasteiger partial charge in [0, 0.05) is 25.3 Å². The monoisotopic (exact) mass is 278 g/mol. The number of hydrogen-bond acceptors (Lipinski definition) is 4. The van der Waals surface area contributed by atoms with Crippen molar-refractivity contribution in [2.24, 2.45) is 5.73 Å². The highest BCUT2D eigenvalue weighted by atomic mass is 16.5. The summed E-state index contributed by atoms with van der Waals surface area (Å²) in [7, 11) is 1.61. The van der Waals surface area contributed by atoms with Crippen LogP contribution in [0.25, 0.3) is 0 Å². The van der Waals surface area contributed by atoms with Gasteiger partial charge in [0.1, 0.15) is 5.75 Å². The molecule has 0 aromatic heterocycles. The molecular formula is C15H22N2O3. The maximum absolute atomic E-state index is 12.2. The van der Waals surface area contributed by atoms with Crippen molar-refractivity contribution >= 4 is 5.91 Å². The minimum atomic E-state index is -0.322. The van der Waals surface area contributed by atoms with E-state index in [1.54, 1.807) is 7.11 Å². The van der Waals surface area contributed by atoms with Gasteiger partial charge in [0.05, 0.1) is 19.1 Å². The Morgan fingerprint density at radius 3 is 2.75 bits per heavy atom. The van der Waals surface area contributed by atoms with Gasteiger partial charge in [-0.15, -0.1) is 0 Å². The number of para-hydroxylation sites is 1. The Bertz CT molecular complexity index is 456. The molecule has 110 valence electrons. The van der Waals surface area contributed by atoms with Crippen LogP contribution < -0.4 is 15.8 Å². The molecular weight excluding hydrogens is 256 g/mol. The van der Waals surface area contributed by atoms with Crippen molar-refractivity contribution in [1.82, 2.24) is 5.32 Å². The lowest BCUT2D eigenvalue weighted by Crippen LogP contribution is -2.57. The smallest absolute Gasteiger partial charge is 0.225 e. The number of carbonyl (C=O) groups excluding carboxylic acids is 1. The number of rotatable bonds is 5. The van der Waals surface area contributed by atoms with E-state index in [0.717, 1.165) is 24.2 Å². The van der Waals surface area contributed by atoms with Crippen molar-refractivity contribution in [2.75, 3.05) is 26.9 Å². The van der Waals surface area contributed by atoms with Crippen molar-refractivity contribution in [2.45, 2.75) is 24.8 Å². The molecule has 1 aromatic rings. The molecule has 1 heterocycles. The SMILES string of the molecule is COc1ccccc1CC(=O)NC1(CN)CCOCC1. The lowest BCUT2D eigenvalue weighted by atomic mass is 9.90. The molecule has 2 rings (SSSR count). The molecule has 1 aliphatic heterocycles. The fourth-order valence-corrected chi connectivity index (χ4v) is 2.50. The third kappa shape index (κ3) is 3.49. The Balaban J connectivity index is 2.01. The van der Waals surface area contributed by atoms with Crippen molar-refractivity contribution in [3.8, 4) is 5.75 Å². The summed E-state index contributed by atoms with van der Waals surface area (Å²) >= 11 is 0. The number of nitrogens with two attached hydrogens (primary N) is 1. The Labute approximate surface area is 119 Å². The van der Waals surface area contributed by atoms with Crippen molar-refractivity contribution in [3.63, 3.8) is 0 Å². The zero-order valence-electron chi connectivity index (χ0n) is 11.9. The molecule has 0 aliphatic carbocycles. The number of methoxy groups -OCH3 is 1.